The minimum atomic E-state index is 0.457. The van der Waals surface area contributed by atoms with E-state index in [1.807, 2.05) is 0 Å². The highest BCUT2D eigenvalue weighted by atomic mass is 16.5. The van der Waals surface area contributed by atoms with Crippen molar-refractivity contribution in [3.63, 3.8) is 0 Å². The molecule has 0 bridgehead atoms. The van der Waals surface area contributed by atoms with Crippen molar-refractivity contribution in [2.75, 3.05) is 39.9 Å². The van der Waals surface area contributed by atoms with Gasteiger partial charge in [0.15, 0.2) is 0 Å². The maximum absolute atomic E-state index is 5.16. The molecule has 15 heavy (non-hydrogen) atoms. The van der Waals surface area contributed by atoms with E-state index < -0.39 is 0 Å². The number of ether oxygens (including phenoxy) is 1. The van der Waals surface area contributed by atoms with Crippen molar-refractivity contribution in [2.24, 2.45) is 0 Å². The molecule has 0 aromatic heterocycles. The Morgan fingerprint density at radius 2 is 2.13 bits per heavy atom. The number of hydrogen-bond acceptors (Lipinski definition) is 3. The third kappa shape index (κ3) is 6.66. The van der Waals surface area contributed by atoms with Gasteiger partial charge in [-0.15, -0.1) is 0 Å². The predicted molar refractivity (Wildman–Crippen MR) is 66.3 cm³/mol. The van der Waals surface area contributed by atoms with Crippen LogP contribution in [0.25, 0.3) is 0 Å². The smallest absolute Gasteiger partial charge is 0.0615 e. The Morgan fingerprint density at radius 1 is 1.47 bits per heavy atom. The summed E-state index contributed by atoms with van der Waals surface area (Å²) in [5.74, 6) is 0. The summed E-state index contributed by atoms with van der Waals surface area (Å²) in [5, 5.41) is 3.29. The molecular weight excluding hydrogens is 188 g/mol. The van der Waals surface area contributed by atoms with Gasteiger partial charge in [-0.25, -0.2) is 0 Å². The number of nitrogens with zero attached hydrogens (tertiary/aromatic N) is 1. The molecule has 3 heteroatoms. The second-order valence-corrected chi connectivity index (χ2v) is 3.90. The van der Waals surface area contributed by atoms with Crippen LogP contribution in [-0.2, 0) is 4.74 Å². The minimum absolute atomic E-state index is 0.457. The molecule has 0 heterocycles. The molecule has 0 rings (SSSR count). The van der Waals surface area contributed by atoms with Gasteiger partial charge in [0.2, 0.25) is 0 Å². The van der Waals surface area contributed by atoms with Crippen molar-refractivity contribution in [1.82, 2.24) is 10.2 Å². The summed E-state index contributed by atoms with van der Waals surface area (Å²) >= 11 is 0. The van der Waals surface area contributed by atoms with E-state index in [2.05, 4.69) is 37.6 Å². The summed E-state index contributed by atoms with van der Waals surface area (Å²) in [6.07, 6.45) is 0. The van der Waals surface area contributed by atoms with Gasteiger partial charge in [-0.2, -0.15) is 0 Å². The van der Waals surface area contributed by atoms with Gasteiger partial charge in [-0.05, 0) is 25.6 Å². The summed E-state index contributed by atoms with van der Waals surface area (Å²) in [6.45, 7) is 15.2. The fraction of sp³-hybridized carbons (Fsp3) is 0.833. The number of nitrogens with one attached hydrogen (secondary N) is 1. The first-order chi connectivity index (χ1) is 7.15. The van der Waals surface area contributed by atoms with Gasteiger partial charge in [-0.1, -0.05) is 20.4 Å². The van der Waals surface area contributed by atoms with E-state index in [1.165, 1.54) is 5.57 Å². The molecule has 3 nitrogen and oxygen atoms in total. The highest BCUT2D eigenvalue weighted by Gasteiger charge is 2.12. The van der Waals surface area contributed by atoms with Gasteiger partial charge < -0.3 is 10.1 Å². The molecule has 90 valence electrons. The Kier molecular flexibility index (Phi) is 8.67. The molecular formula is C12H26N2O. The van der Waals surface area contributed by atoms with Gasteiger partial charge >= 0.3 is 0 Å². The minimum Gasteiger partial charge on any atom is -0.383 e. The third-order valence-electron chi connectivity index (χ3n) is 2.49. The molecule has 0 aromatic rings. The lowest BCUT2D eigenvalue weighted by atomic mass is 10.2. The standard InChI is InChI=1S/C12H26N2O/c1-6-13-8-11(3)9-14(7-2)12(4)10-15-5/h12-13H,3,6-10H2,1-2,4-5H3. The van der Waals surface area contributed by atoms with Crippen molar-refractivity contribution < 1.29 is 4.74 Å². The number of methoxy groups -OCH3 is 1. The van der Waals surface area contributed by atoms with Crippen LogP contribution in [0.3, 0.4) is 0 Å². The highest BCUT2D eigenvalue weighted by Crippen LogP contribution is 2.02. The molecule has 0 aliphatic rings. The van der Waals surface area contributed by atoms with Crippen LogP contribution >= 0.6 is 0 Å². The molecule has 0 saturated carbocycles. The Bertz CT molecular complexity index is 171. The van der Waals surface area contributed by atoms with Gasteiger partial charge in [-0.3, -0.25) is 4.90 Å². The van der Waals surface area contributed by atoms with Crippen LogP contribution in [0.5, 0.6) is 0 Å². The fourth-order valence-corrected chi connectivity index (χ4v) is 1.57. The molecule has 0 radical (unpaired) electrons. The van der Waals surface area contributed by atoms with Crippen LogP contribution in [0.4, 0.5) is 0 Å². The third-order valence-corrected chi connectivity index (χ3v) is 2.49. The Morgan fingerprint density at radius 3 is 2.60 bits per heavy atom. The largest absolute Gasteiger partial charge is 0.383 e. The van der Waals surface area contributed by atoms with E-state index in [-0.39, 0.29) is 0 Å². The molecule has 0 aliphatic carbocycles. The van der Waals surface area contributed by atoms with Crippen molar-refractivity contribution >= 4 is 0 Å². The number of rotatable bonds is 9. The van der Waals surface area contributed by atoms with Gasteiger partial charge in [0.1, 0.15) is 0 Å². The Labute approximate surface area is 94.5 Å². The van der Waals surface area contributed by atoms with Crippen molar-refractivity contribution in [3.05, 3.63) is 12.2 Å². The molecule has 0 saturated heterocycles. The summed E-state index contributed by atoms with van der Waals surface area (Å²) in [7, 11) is 1.75. The van der Waals surface area contributed by atoms with Gasteiger partial charge in [0, 0.05) is 26.2 Å². The zero-order valence-electron chi connectivity index (χ0n) is 10.7. The van der Waals surface area contributed by atoms with Crippen molar-refractivity contribution in [3.8, 4) is 0 Å². The zero-order chi connectivity index (χ0) is 11.7. The summed E-state index contributed by atoms with van der Waals surface area (Å²) in [6, 6.07) is 0.457. The molecule has 0 fully saturated rings. The summed E-state index contributed by atoms with van der Waals surface area (Å²) in [4.78, 5) is 2.38. The maximum atomic E-state index is 5.16. The van der Waals surface area contributed by atoms with E-state index in [1.54, 1.807) is 7.11 Å². The first-order valence-electron chi connectivity index (χ1n) is 5.76. The van der Waals surface area contributed by atoms with E-state index in [9.17, 15) is 0 Å². The quantitative estimate of drug-likeness (QED) is 0.589. The van der Waals surface area contributed by atoms with Crippen LogP contribution in [0, 0.1) is 0 Å². The molecule has 1 N–H and O–H groups in total. The lowest BCUT2D eigenvalue weighted by molar-refractivity contribution is 0.108. The lowest BCUT2D eigenvalue weighted by Crippen LogP contribution is -2.38. The van der Waals surface area contributed by atoms with E-state index >= 15 is 0 Å². The van der Waals surface area contributed by atoms with Crippen LogP contribution in [-0.4, -0.2) is 50.8 Å². The van der Waals surface area contributed by atoms with Gasteiger partial charge in [0.05, 0.1) is 6.61 Å². The van der Waals surface area contributed by atoms with Crippen LogP contribution in [0.1, 0.15) is 20.8 Å². The van der Waals surface area contributed by atoms with E-state index in [4.69, 9.17) is 4.74 Å². The van der Waals surface area contributed by atoms with E-state index in [0.29, 0.717) is 6.04 Å². The predicted octanol–water partition coefficient (Wildman–Crippen LogP) is 1.51. The van der Waals surface area contributed by atoms with Crippen LogP contribution < -0.4 is 5.32 Å². The Balaban J connectivity index is 3.91. The second-order valence-electron chi connectivity index (χ2n) is 3.90. The van der Waals surface area contributed by atoms with Gasteiger partial charge in [0.25, 0.3) is 0 Å². The van der Waals surface area contributed by atoms with Crippen molar-refractivity contribution in [1.29, 1.82) is 0 Å². The summed E-state index contributed by atoms with van der Waals surface area (Å²) < 4.78 is 5.16. The molecule has 1 unspecified atom stereocenters. The monoisotopic (exact) mass is 214 g/mol. The van der Waals surface area contributed by atoms with E-state index in [0.717, 1.165) is 32.8 Å². The van der Waals surface area contributed by atoms with Crippen LogP contribution in [0.15, 0.2) is 12.2 Å². The lowest BCUT2D eigenvalue weighted by Gasteiger charge is -2.28. The molecule has 0 aliphatic heterocycles. The molecule has 0 aromatic carbocycles. The average Bonchev–Trinajstić information content (AvgIpc) is 2.23. The zero-order valence-corrected chi connectivity index (χ0v) is 10.7. The highest BCUT2D eigenvalue weighted by molar-refractivity contribution is 5.00. The Hall–Kier alpha value is -0.380. The second kappa shape index (κ2) is 8.89. The SMILES string of the molecule is C=C(CNCC)CN(CC)C(C)COC. The first-order valence-corrected chi connectivity index (χ1v) is 5.76. The summed E-state index contributed by atoms with van der Waals surface area (Å²) in [5.41, 5.74) is 1.24. The molecule has 1 atom stereocenters. The van der Waals surface area contributed by atoms with Crippen molar-refractivity contribution in [2.45, 2.75) is 26.8 Å². The number of hydrogen-bond donors (Lipinski definition) is 1. The topological polar surface area (TPSA) is 24.5 Å². The maximum Gasteiger partial charge on any atom is 0.0615 e. The average molecular weight is 214 g/mol. The molecule has 0 amide bonds. The fourth-order valence-electron chi connectivity index (χ4n) is 1.57. The molecule has 0 spiro atoms. The van der Waals surface area contributed by atoms with Crippen LogP contribution in [0.2, 0.25) is 0 Å². The number of likely N-dealkylation sites (N-methyl/N-ethyl adjacent to an activating group) is 2. The first kappa shape index (κ1) is 14.6. The normalized spacial score (nSPS) is 13.1.